The van der Waals surface area contributed by atoms with Gasteiger partial charge in [-0.15, -0.1) is 5.10 Å². The highest BCUT2D eigenvalue weighted by atomic mass is 19.4. The number of alkyl halides is 3. The molecule has 0 saturated carbocycles. The maximum Gasteiger partial charge on any atom is 0.416 e. The van der Waals surface area contributed by atoms with Gasteiger partial charge in [0, 0.05) is 6.54 Å². The Morgan fingerprint density at radius 1 is 0.829 bits per heavy atom. The third-order valence-electron chi connectivity index (χ3n) is 6.37. The molecule has 2 N–H and O–H groups in total. The molecule has 4 aromatic carbocycles. The lowest BCUT2D eigenvalue weighted by Crippen LogP contribution is -2.24. The lowest BCUT2D eigenvalue weighted by atomic mass is 10.0. The van der Waals surface area contributed by atoms with E-state index in [0.717, 1.165) is 24.3 Å². The Balaban J connectivity index is 1.51. The van der Waals surface area contributed by atoms with Crippen molar-refractivity contribution < 1.29 is 36.6 Å². The van der Waals surface area contributed by atoms with Gasteiger partial charge in [-0.3, -0.25) is 4.79 Å². The molecular weight excluding hydrogens is 547 g/mol. The van der Waals surface area contributed by atoms with Crippen LogP contribution in [0.1, 0.15) is 37.4 Å². The van der Waals surface area contributed by atoms with Gasteiger partial charge >= 0.3 is 12.1 Å². The molecule has 0 aliphatic carbocycles. The normalized spacial score (nSPS) is 11.5. The number of carbonyl (C=O) groups is 2. The van der Waals surface area contributed by atoms with Crippen LogP contribution in [0.15, 0.2) is 78.9 Å². The first-order chi connectivity index (χ1) is 19.5. The summed E-state index contributed by atoms with van der Waals surface area (Å²) in [4.78, 5) is 24.5. The Morgan fingerprint density at radius 2 is 1.51 bits per heavy atom. The second kappa shape index (κ2) is 10.8. The Morgan fingerprint density at radius 3 is 2.15 bits per heavy atom. The molecule has 0 spiro atoms. The summed E-state index contributed by atoms with van der Waals surface area (Å²) in [5.74, 6) is -3.78. The fourth-order valence-electron chi connectivity index (χ4n) is 4.25. The first kappa shape index (κ1) is 27.4. The predicted octanol–water partition coefficient (Wildman–Crippen LogP) is 6.07. The van der Waals surface area contributed by atoms with Crippen molar-refractivity contribution in [2.75, 3.05) is 0 Å². The summed E-state index contributed by atoms with van der Waals surface area (Å²) in [6.45, 7) is 0.0339. The summed E-state index contributed by atoms with van der Waals surface area (Å²) >= 11 is 0. The number of carboxylic acid groups (broad SMARTS) is 1. The fraction of sp³-hybridized carbons (Fsp3) is 0.103. The van der Waals surface area contributed by atoms with Crippen LogP contribution in [0.3, 0.4) is 0 Å². The molecule has 1 heterocycles. The van der Waals surface area contributed by atoms with Crippen molar-refractivity contribution in [2.45, 2.75) is 19.3 Å². The Labute approximate surface area is 228 Å². The van der Waals surface area contributed by atoms with E-state index in [4.69, 9.17) is 5.11 Å². The van der Waals surface area contributed by atoms with E-state index in [1.54, 1.807) is 18.2 Å². The van der Waals surface area contributed by atoms with E-state index in [1.165, 1.54) is 41.1 Å². The van der Waals surface area contributed by atoms with E-state index in [2.05, 4.69) is 15.6 Å². The summed E-state index contributed by atoms with van der Waals surface area (Å²) in [6.07, 6.45) is -4.49. The molecule has 0 bridgehead atoms. The summed E-state index contributed by atoms with van der Waals surface area (Å²) in [7, 11) is 0. The number of nitrogens with one attached hydrogen (secondary N) is 1. The third-order valence-corrected chi connectivity index (χ3v) is 6.37. The van der Waals surface area contributed by atoms with E-state index in [-0.39, 0.29) is 40.8 Å². The second-order valence-corrected chi connectivity index (χ2v) is 9.15. The number of hydrogen-bond donors (Lipinski definition) is 2. The van der Waals surface area contributed by atoms with Gasteiger partial charge in [0.1, 0.15) is 11.0 Å². The van der Waals surface area contributed by atoms with Gasteiger partial charge < -0.3 is 10.4 Å². The number of halogens is 5. The number of carboxylic acids is 1. The zero-order chi connectivity index (χ0) is 29.3. The molecule has 5 aromatic rings. The summed E-state index contributed by atoms with van der Waals surface area (Å²) in [5.41, 5.74) is 1.60. The van der Waals surface area contributed by atoms with Gasteiger partial charge in [-0.25, -0.2) is 18.3 Å². The molecule has 0 aliphatic heterocycles. The smallest absolute Gasteiger partial charge is 0.416 e. The number of amides is 1. The third kappa shape index (κ3) is 5.91. The highest BCUT2D eigenvalue weighted by molar-refractivity contribution is 6.06. The van der Waals surface area contributed by atoms with Crippen LogP contribution in [0.4, 0.5) is 22.0 Å². The number of benzene rings is 4. The summed E-state index contributed by atoms with van der Waals surface area (Å²) in [6, 6.07) is 16.7. The van der Waals surface area contributed by atoms with E-state index in [0.29, 0.717) is 16.7 Å². The number of nitrogens with zero attached hydrogens (tertiary/aromatic N) is 3. The number of fused-ring (bicyclic) bond motifs is 1. The minimum absolute atomic E-state index is 0.00388. The van der Waals surface area contributed by atoms with Crippen molar-refractivity contribution >= 4 is 22.9 Å². The number of hydrogen-bond acceptors (Lipinski definition) is 4. The highest BCUT2D eigenvalue weighted by Crippen LogP contribution is 2.31. The average Bonchev–Trinajstić information content (AvgIpc) is 3.35. The monoisotopic (exact) mass is 566 g/mol. The molecule has 7 nitrogen and oxygen atoms in total. The van der Waals surface area contributed by atoms with Gasteiger partial charge in [-0.1, -0.05) is 35.5 Å². The van der Waals surface area contributed by atoms with Gasteiger partial charge in [0.25, 0.3) is 5.91 Å². The molecule has 0 saturated heterocycles. The van der Waals surface area contributed by atoms with Gasteiger partial charge in [-0.2, -0.15) is 13.2 Å². The highest BCUT2D eigenvalue weighted by Gasteiger charge is 2.30. The number of rotatable bonds is 7. The first-order valence-corrected chi connectivity index (χ1v) is 12.1. The average molecular weight is 566 g/mol. The lowest BCUT2D eigenvalue weighted by Gasteiger charge is -2.12. The predicted molar refractivity (Wildman–Crippen MR) is 138 cm³/mol. The molecule has 1 amide bonds. The van der Waals surface area contributed by atoms with Crippen LogP contribution in [0.5, 0.6) is 0 Å². The van der Waals surface area contributed by atoms with Crippen LogP contribution in [-0.4, -0.2) is 32.0 Å². The number of aromatic carboxylic acids is 1. The molecule has 41 heavy (non-hydrogen) atoms. The van der Waals surface area contributed by atoms with Crippen LogP contribution in [0.2, 0.25) is 0 Å². The van der Waals surface area contributed by atoms with Crippen molar-refractivity contribution in [3.8, 4) is 11.1 Å². The van der Waals surface area contributed by atoms with Gasteiger partial charge in [0.15, 0.2) is 11.6 Å². The van der Waals surface area contributed by atoms with Crippen LogP contribution in [0, 0.1) is 11.6 Å². The molecule has 0 fully saturated rings. The maximum atomic E-state index is 14.0. The number of aromatic nitrogens is 3. The van der Waals surface area contributed by atoms with E-state index < -0.39 is 35.3 Å². The zero-order valence-electron chi connectivity index (χ0n) is 20.9. The first-order valence-electron chi connectivity index (χ1n) is 12.1. The molecule has 1 aromatic heterocycles. The van der Waals surface area contributed by atoms with Crippen LogP contribution >= 0.6 is 0 Å². The molecule has 12 heteroatoms. The standard InChI is InChI=1S/C29H19F5N4O3/c30-23-10-7-19(12-24(23)31)20-11-22(27(39)35-14-16-1-5-18(6-2-16)28(40)41)26-25(13-20)36-37-38(26)15-17-3-8-21(9-4-17)29(32,33)34/h1-13H,14-15H2,(H,35,39)(H,40,41). The molecule has 0 radical (unpaired) electrons. The summed E-state index contributed by atoms with van der Waals surface area (Å²) < 4.78 is 67.8. The number of carbonyl (C=O) groups excluding carboxylic acids is 1. The van der Waals surface area contributed by atoms with E-state index in [1.807, 2.05) is 0 Å². The largest absolute Gasteiger partial charge is 0.478 e. The van der Waals surface area contributed by atoms with Crippen LogP contribution < -0.4 is 5.32 Å². The molecule has 5 rings (SSSR count). The zero-order valence-corrected chi connectivity index (χ0v) is 20.9. The molecule has 0 aliphatic rings. The molecule has 0 unspecified atom stereocenters. The molecular formula is C29H19F5N4O3. The Hall–Kier alpha value is -5.13. The fourth-order valence-corrected chi connectivity index (χ4v) is 4.25. The van der Waals surface area contributed by atoms with Crippen molar-refractivity contribution in [2.24, 2.45) is 0 Å². The Bertz CT molecular complexity index is 1770. The van der Waals surface area contributed by atoms with Gasteiger partial charge in [0.05, 0.1) is 23.2 Å². The van der Waals surface area contributed by atoms with E-state index >= 15 is 0 Å². The Kier molecular flexibility index (Phi) is 7.22. The van der Waals surface area contributed by atoms with Crippen LogP contribution in [0.25, 0.3) is 22.2 Å². The molecule has 208 valence electrons. The lowest BCUT2D eigenvalue weighted by molar-refractivity contribution is -0.137. The summed E-state index contributed by atoms with van der Waals surface area (Å²) in [5, 5.41) is 20.0. The quantitative estimate of drug-likeness (QED) is 0.233. The topological polar surface area (TPSA) is 97.1 Å². The van der Waals surface area contributed by atoms with Crippen molar-refractivity contribution in [1.82, 2.24) is 20.3 Å². The minimum Gasteiger partial charge on any atom is -0.478 e. The van der Waals surface area contributed by atoms with Crippen molar-refractivity contribution in [1.29, 1.82) is 0 Å². The van der Waals surface area contributed by atoms with Crippen molar-refractivity contribution in [3.63, 3.8) is 0 Å². The van der Waals surface area contributed by atoms with Gasteiger partial charge in [-0.05, 0) is 70.8 Å². The SMILES string of the molecule is O=C(O)c1ccc(CNC(=O)c2cc(-c3ccc(F)c(F)c3)cc3nnn(Cc4ccc(C(F)(F)F)cc4)c23)cc1. The maximum absolute atomic E-state index is 14.0. The van der Waals surface area contributed by atoms with Crippen molar-refractivity contribution in [3.05, 3.63) is 118 Å². The van der Waals surface area contributed by atoms with E-state index in [9.17, 15) is 31.5 Å². The second-order valence-electron chi connectivity index (χ2n) is 9.15. The van der Waals surface area contributed by atoms with Crippen LogP contribution in [-0.2, 0) is 19.3 Å². The minimum atomic E-state index is -4.49. The van der Waals surface area contributed by atoms with Gasteiger partial charge in [0.2, 0.25) is 0 Å². The molecule has 0 atom stereocenters.